The maximum Gasteiger partial charge on any atom is 0.338 e. The van der Waals surface area contributed by atoms with Crippen molar-refractivity contribution in [3.05, 3.63) is 95.2 Å². The van der Waals surface area contributed by atoms with Crippen LogP contribution in [0.5, 0.6) is 0 Å². The van der Waals surface area contributed by atoms with Crippen molar-refractivity contribution in [1.82, 2.24) is 4.98 Å². The number of carboxylic acid groups (broad SMARTS) is 1. The summed E-state index contributed by atoms with van der Waals surface area (Å²) in [6.45, 7) is 1.98. The Balaban J connectivity index is 1.41. The number of aromatic amines is 1. The minimum Gasteiger partial charge on any atom is -0.479 e. The SMILES string of the molecule is Cc1cccc2c(C[C@](N)(C(=O)O)C(=O)OCC3c4ccccc4-c4ccccc43)c[nH]c12. The summed E-state index contributed by atoms with van der Waals surface area (Å²) >= 11 is 0. The van der Waals surface area contributed by atoms with Crippen molar-refractivity contribution in [1.29, 1.82) is 0 Å². The first kappa shape index (κ1) is 21.0. The number of H-pyrrole nitrogens is 1. The van der Waals surface area contributed by atoms with Gasteiger partial charge in [0.05, 0.1) is 0 Å². The third-order valence-corrected chi connectivity index (χ3v) is 6.57. The Morgan fingerprint density at radius 2 is 1.64 bits per heavy atom. The Morgan fingerprint density at radius 3 is 2.27 bits per heavy atom. The molecule has 0 bridgehead atoms. The van der Waals surface area contributed by atoms with Crippen molar-refractivity contribution in [2.75, 3.05) is 6.61 Å². The molecular weight excluding hydrogens is 416 g/mol. The topological polar surface area (TPSA) is 105 Å². The molecule has 33 heavy (non-hydrogen) atoms. The van der Waals surface area contributed by atoms with Gasteiger partial charge in [-0.25, -0.2) is 9.59 Å². The summed E-state index contributed by atoms with van der Waals surface area (Å²) in [5, 5.41) is 10.7. The van der Waals surface area contributed by atoms with E-state index in [0.29, 0.717) is 5.56 Å². The largest absolute Gasteiger partial charge is 0.479 e. The van der Waals surface area contributed by atoms with Crippen LogP contribution in [-0.2, 0) is 20.7 Å². The lowest BCUT2D eigenvalue weighted by molar-refractivity contribution is -0.161. The Labute approximate surface area is 191 Å². The van der Waals surface area contributed by atoms with Gasteiger partial charge in [0.15, 0.2) is 0 Å². The smallest absolute Gasteiger partial charge is 0.338 e. The molecule has 1 aromatic heterocycles. The van der Waals surface area contributed by atoms with Gasteiger partial charge in [0.1, 0.15) is 6.61 Å². The lowest BCUT2D eigenvalue weighted by atomic mass is 9.91. The first-order chi connectivity index (χ1) is 15.9. The Kier molecular flexibility index (Phi) is 5.02. The van der Waals surface area contributed by atoms with E-state index in [1.807, 2.05) is 73.7 Å². The van der Waals surface area contributed by atoms with E-state index in [0.717, 1.165) is 38.7 Å². The quantitative estimate of drug-likeness (QED) is 0.308. The van der Waals surface area contributed by atoms with Crippen molar-refractivity contribution >= 4 is 22.8 Å². The molecule has 4 aromatic rings. The van der Waals surface area contributed by atoms with Crippen molar-refractivity contribution < 1.29 is 19.4 Å². The predicted octanol–water partition coefficient (Wildman–Crippen LogP) is 4.16. The summed E-state index contributed by atoms with van der Waals surface area (Å²) in [7, 11) is 0. The highest BCUT2D eigenvalue weighted by atomic mass is 16.5. The zero-order valence-corrected chi connectivity index (χ0v) is 18.2. The van der Waals surface area contributed by atoms with Crippen LogP contribution in [0.1, 0.15) is 28.2 Å². The molecule has 1 heterocycles. The number of ether oxygens (including phenoxy) is 1. The van der Waals surface area contributed by atoms with Gasteiger partial charge in [-0.15, -0.1) is 0 Å². The molecule has 0 amide bonds. The number of para-hydroxylation sites is 1. The summed E-state index contributed by atoms with van der Waals surface area (Å²) in [5.41, 5.74) is 10.9. The zero-order valence-electron chi connectivity index (χ0n) is 18.2. The van der Waals surface area contributed by atoms with Crippen LogP contribution in [-0.4, -0.2) is 34.2 Å². The molecule has 0 aliphatic heterocycles. The van der Waals surface area contributed by atoms with E-state index >= 15 is 0 Å². The summed E-state index contributed by atoms with van der Waals surface area (Å²) in [6.07, 6.45) is 1.53. The maximum absolute atomic E-state index is 13.1. The van der Waals surface area contributed by atoms with Crippen LogP contribution < -0.4 is 5.73 Å². The third-order valence-electron chi connectivity index (χ3n) is 6.57. The number of carbonyl (C=O) groups is 2. The minimum absolute atomic E-state index is 0.0199. The molecule has 0 unspecified atom stereocenters. The number of esters is 1. The molecule has 3 aromatic carbocycles. The number of nitrogens with one attached hydrogen (secondary N) is 1. The number of nitrogens with two attached hydrogens (primary N) is 1. The number of carboxylic acids is 1. The maximum atomic E-state index is 13.1. The van der Waals surface area contributed by atoms with Crippen LogP contribution in [0, 0.1) is 6.92 Å². The van der Waals surface area contributed by atoms with Gasteiger partial charge < -0.3 is 20.6 Å². The molecule has 166 valence electrons. The molecule has 1 aliphatic rings. The van der Waals surface area contributed by atoms with Crippen LogP contribution in [0.25, 0.3) is 22.0 Å². The summed E-state index contributed by atoms with van der Waals surface area (Å²) in [6, 6.07) is 21.7. The van der Waals surface area contributed by atoms with Crippen molar-refractivity contribution in [3.63, 3.8) is 0 Å². The Bertz CT molecular complexity index is 1340. The highest BCUT2D eigenvalue weighted by Crippen LogP contribution is 2.44. The molecule has 0 saturated heterocycles. The van der Waals surface area contributed by atoms with Gasteiger partial charge in [0.2, 0.25) is 5.54 Å². The normalized spacial score (nSPS) is 14.5. The third kappa shape index (κ3) is 3.39. The van der Waals surface area contributed by atoms with Gasteiger partial charge in [0.25, 0.3) is 0 Å². The molecule has 0 spiro atoms. The number of carbonyl (C=O) groups excluding carboxylic acids is 1. The number of benzene rings is 3. The molecule has 0 saturated carbocycles. The van der Waals surface area contributed by atoms with Crippen molar-refractivity contribution in [2.24, 2.45) is 5.73 Å². The second-order valence-electron chi connectivity index (χ2n) is 8.59. The average molecular weight is 440 g/mol. The van der Waals surface area contributed by atoms with Gasteiger partial charge in [-0.2, -0.15) is 0 Å². The molecule has 4 N–H and O–H groups in total. The Hall–Kier alpha value is -3.90. The Morgan fingerprint density at radius 1 is 1.00 bits per heavy atom. The molecule has 6 heteroatoms. The second-order valence-corrected chi connectivity index (χ2v) is 8.59. The van der Waals surface area contributed by atoms with E-state index in [2.05, 4.69) is 4.98 Å². The fourth-order valence-electron chi connectivity index (χ4n) is 4.77. The van der Waals surface area contributed by atoms with Crippen LogP contribution in [0.15, 0.2) is 72.9 Å². The van der Waals surface area contributed by atoms with Crippen molar-refractivity contribution in [3.8, 4) is 11.1 Å². The highest BCUT2D eigenvalue weighted by Gasteiger charge is 2.45. The molecule has 1 aliphatic carbocycles. The molecule has 1 atom stereocenters. The lowest BCUT2D eigenvalue weighted by Crippen LogP contribution is -2.57. The lowest BCUT2D eigenvalue weighted by Gasteiger charge is -2.24. The monoisotopic (exact) mass is 440 g/mol. The standard InChI is InChI=1S/C27H24N2O4/c1-16-7-6-12-18-17(14-29-24(16)18)13-27(28,25(30)31)26(32)33-15-23-21-10-4-2-8-19(21)20-9-3-5-11-22(20)23/h2-12,14,23,29H,13,15,28H2,1H3,(H,30,31)/t27-/m0/s1. The van der Waals surface area contributed by atoms with Crippen molar-refractivity contribution in [2.45, 2.75) is 24.8 Å². The number of rotatable bonds is 6. The van der Waals surface area contributed by atoms with Crippen LogP contribution in [0.3, 0.4) is 0 Å². The van der Waals surface area contributed by atoms with Gasteiger partial charge in [0, 0.05) is 29.4 Å². The molecule has 0 radical (unpaired) electrons. The summed E-state index contributed by atoms with van der Waals surface area (Å²) in [4.78, 5) is 28.4. The van der Waals surface area contributed by atoms with Crippen LogP contribution >= 0.6 is 0 Å². The van der Waals surface area contributed by atoms with E-state index in [1.165, 1.54) is 0 Å². The number of fused-ring (bicyclic) bond motifs is 4. The zero-order chi connectivity index (χ0) is 23.2. The number of aromatic nitrogens is 1. The van der Waals surface area contributed by atoms with E-state index in [4.69, 9.17) is 10.5 Å². The highest BCUT2D eigenvalue weighted by molar-refractivity contribution is 6.04. The first-order valence-electron chi connectivity index (χ1n) is 10.8. The summed E-state index contributed by atoms with van der Waals surface area (Å²) in [5.74, 6) is -2.53. The molecular formula is C27H24N2O4. The van der Waals surface area contributed by atoms with Gasteiger partial charge in [-0.1, -0.05) is 66.7 Å². The number of hydrogen-bond donors (Lipinski definition) is 3. The minimum atomic E-state index is -2.20. The summed E-state index contributed by atoms with van der Waals surface area (Å²) < 4.78 is 5.60. The predicted molar refractivity (Wildman–Crippen MR) is 126 cm³/mol. The second kappa shape index (κ2) is 7.90. The number of aliphatic carboxylic acids is 1. The molecule has 5 rings (SSSR count). The van der Waals surface area contributed by atoms with E-state index < -0.39 is 17.5 Å². The van der Waals surface area contributed by atoms with E-state index in [9.17, 15) is 14.7 Å². The van der Waals surface area contributed by atoms with Crippen LogP contribution in [0.4, 0.5) is 0 Å². The van der Waals surface area contributed by atoms with E-state index in [1.54, 1.807) is 6.20 Å². The molecule has 0 fully saturated rings. The molecule has 6 nitrogen and oxygen atoms in total. The van der Waals surface area contributed by atoms with E-state index in [-0.39, 0.29) is 18.9 Å². The van der Waals surface area contributed by atoms with Gasteiger partial charge >= 0.3 is 11.9 Å². The fraction of sp³-hybridized carbons (Fsp3) is 0.185. The number of hydrogen-bond acceptors (Lipinski definition) is 4. The fourth-order valence-corrected chi connectivity index (χ4v) is 4.77. The number of aryl methyl sites for hydroxylation is 1. The van der Waals surface area contributed by atoms with Gasteiger partial charge in [-0.05, 0) is 40.3 Å². The average Bonchev–Trinajstić information content (AvgIpc) is 3.37. The van der Waals surface area contributed by atoms with Gasteiger partial charge in [-0.3, -0.25) is 0 Å². The van der Waals surface area contributed by atoms with Crippen LogP contribution in [0.2, 0.25) is 0 Å². The first-order valence-corrected chi connectivity index (χ1v) is 10.8.